The van der Waals surface area contributed by atoms with Crippen LogP contribution in [0, 0.1) is 5.92 Å². The lowest BCUT2D eigenvalue weighted by Gasteiger charge is -2.22. The number of carbonyl (C=O) groups is 3. The lowest BCUT2D eigenvalue weighted by Crippen LogP contribution is -2.37. The van der Waals surface area contributed by atoms with Gasteiger partial charge < -0.3 is 30.4 Å². The molecule has 4 N–H and O–H groups in total. The number of ether oxygens (including phenoxy) is 3. The Morgan fingerprint density at radius 3 is 2.20 bits per heavy atom. The number of hydrogen-bond acceptors (Lipinski definition) is 7. The Bertz CT molecular complexity index is 421. The van der Waals surface area contributed by atoms with Gasteiger partial charge in [-0.15, -0.1) is 0 Å². The van der Waals surface area contributed by atoms with E-state index >= 15 is 0 Å². The van der Waals surface area contributed by atoms with Crippen LogP contribution in [0.15, 0.2) is 0 Å². The third-order valence-corrected chi connectivity index (χ3v) is 2.81. The number of rotatable bonds is 13. The molecule has 0 fully saturated rings. The van der Waals surface area contributed by atoms with Crippen LogP contribution in [0.4, 0.5) is 0 Å². The quantitative estimate of drug-likeness (QED) is 0.235. The van der Waals surface area contributed by atoms with E-state index in [4.69, 9.17) is 25.1 Å². The number of aliphatic carboxylic acids is 1. The topological polar surface area (TPSA) is 137 Å². The number of carboxylic acid groups (broad SMARTS) is 1. The Hall–Kier alpha value is -1.71. The zero-order chi connectivity index (χ0) is 19.3. The highest BCUT2D eigenvalue weighted by atomic mass is 16.6. The Morgan fingerprint density at radius 1 is 1.08 bits per heavy atom. The summed E-state index contributed by atoms with van der Waals surface area (Å²) in [6, 6.07) is 0. The first-order chi connectivity index (χ1) is 11.7. The molecule has 25 heavy (non-hydrogen) atoms. The summed E-state index contributed by atoms with van der Waals surface area (Å²) >= 11 is 0. The monoisotopic (exact) mass is 362 g/mol. The summed E-state index contributed by atoms with van der Waals surface area (Å²) in [7, 11) is 0. The van der Waals surface area contributed by atoms with Crippen molar-refractivity contribution in [3.63, 3.8) is 0 Å². The van der Waals surface area contributed by atoms with Crippen molar-refractivity contribution in [2.24, 2.45) is 11.7 Å². The molecule has 0 aromatic carbocycles. The smallest absolute Gasteiger partial charge is 0.321 e. The molecule has 0 saturated carbocycles. The van der Waals surface area contributed by atoms with E-state index in [0.717, 1.165) is 6.42 Å². The van der Waals surface area contributed by atoms with Gasteiger partial charge in [-0.3, -0.25) is 14.4 Å². The Labute approximate surface area is 148 Å². The van der Waals surface area contributed by atoms with Crippen molar-refractivity contribution in [3.05, 3.63) is 0 Å². The molecule has 9 nitrogen and oxygen atoms in total. The van der Waals surface area contributed by atoms with Crippen LogP contribution in [-0.4, -0.2) is 68.1 Å². The first-order valence-corrected chi connectivity index (χ1v) is 8.25. The van der Waals surface area contributed by atoms with Gasteiger partial charge >= 0.3 is 11.9 Å². The molecule has 0 aromatic rings. The van der Waals surface area contributed by atoms with E-state index in [1.807, 2.05) is 0 Å². The van der Waals surface area contributed by atoms with Crippen LogP contribution in [0.5, 0.6) is 0 Å². The van der Waals surface area contributed by atoms with E-state index in [1.54, 1.807) is 20.8 Å². The molecule has 0 aromatic heterocycles. The largest absolute Gasteiger partial charge is 0.481 e. The van der Waals surface area contributed by atoms with E-state index in [0.29, 0.717) is 26.4 Å². The molecule has 1 unspecified atom stereocenters. The van der Waals surface area contributed by atoms with E-state index in [9.17, 15) is 14.4 Å². The molecule has 0 bridgehead atoms. The highest BCUT2D eigenvalue weighted by molar-refractivity contribution is 5.98. The van der Waals surface area contributed by atoms with Gasteiger partial charge in [-0.25, -0.2) is 0 Å². The lowest BCUT2D eigenvalue weighted by atomic mass is 10.0. The Morgan fingerprint density at radius 2 is 1.68 bits per heavy atom. The molecule has 0 spiro atoms. The molecular formula is C16H30N2O7. The molecule has 0 aliphatic carbocycles. The first-order valence-electron chi connectivity index (χ1n) is 8.25. The molecule has 0 rings (SSSR count). The van der Waals surface area contributed by atoms with Crippen LogP contribution < -0.4 is 11.1 Å². The van der Waals surface area contributed by atoms with Crippen LogP contribution in [0.3, 0.4) is 0 Å². The standard InChI is InChI=1S/C16H30N2O7/c1-16(2,3)25-15(22)12(14(20)21)11-13(19)18-6-8-24-10-9-23-7-4-5-17/h12H,4-11,17H2,1-3H3,(H,18,19)(H,20,21). The third kappa shape index (κ3) is 13.3. The summed E-state index contributed by atoms with van der Waals surface area (Å²) in [4.78, 5) is 34.7. The number of hydrogen-bond donors (Lipinski definition) is 3. The van der Waals surface area contributed by atoms with Gasteiger partial charge in [0.1, 0.15) is 5.60 Å². The number of carboxylic acids is 1. The summed E-state index contributed by atoms with van der Waals surface area (Å²) < 4.78 is 15.5. The highest BCUT2D eigenvalue weighted by Crippen LogP contribution is 2.14. The van der Waals surface area contributed by atoms with Crippen molar-refractivity contribution in [3.8, 4) is 0 Å². The second-order valence-corrected chi connectivity index (χ2v) is 6.35. The fourth-order valence-electron chi connectivity index (χ4n) is 1.67. The second kappa shape index (κ2) is 12.6. The number of nitrogens with two attached hydrogens (primary N) is 1. The SMILES string of the molecule is CC(C)(C)OC(=O)C(CC(=O)NCCOCCOCCCN)C(=O)O. The Kier molecular flexibility index (Phi) is 11.8. The van der Waals surface area contributed by atoms with Gasteiger partial charge in [-0.1, -0.05) is 0 Å². The highest BCUT2D eigenvalue weighted by Gasteiger charge is 2.33. The second-order valence-electron chi connectivity index (χ2n) is 6.35. The zero-order valence-electron chi connectivity index (χ0n) is 15.2. The molecular weight excluding hydrogens is 332 g/mol. The molecule has 0 heterocycles. The molecule has 0 aliphatic rings. The lowest BCUT2D eigenvalue weighted by molar-refractivity contribution is -0.168. The summed E-state index contributed by atoms with van der Waals surface area (Å²) in [5, 5.41) is 11.6. The molecule has 1 atom stereocenters. The maximum Gasteiger partial charge on any atom is 0.321 e. The average Bonchev–Trinajstić information content (AvgIpc) is 2.48. The van der Waals surface area contributed by atoms with E-state index in [2.05, 4.69) is 5.32 Å². The van der Waals surface area contributed by atoms with Gasteiger partial charge in [-0.2, -0.15) is 0 Å². The van der Waals surface area contributed by atoms with Gasteiger partial charge in [0, 0.05) is 13.2 Å². The number of esters is 1. The summed E-state index contributed by atoms with van der Waals surface area (Å²) in [5.41, 5.74) is 4.50. The van der Waals surface area contributed by atoms with Crippen molar-refractivity contribution < 1.29 is 33.7 Å². The van der Waals surface area contributed by atoms with Gasteiger partial charge in [-0.05, 0) is 33.7 Å². The van der Waals surface area contributed by atoms with Crippen LogP contribution in [0.1, 0.15) is 33.6 Å². The normalized spacial score (nSPS) is 12.5. The van der Waals surface area contributed by atoms with Crippen molar-refractivity contribution in [1.29, 1.82) is 0 Å². The van der Waals surface area contributed by atoms with Crippen LogP contribution in [0.2, 0.25) is 0 Å². The van der Waals surface area contributed by atoms with Crippen molar-refractivity contribution in [2.75, 3.05) is 39.5 Å². The predicted octanol–water partition coefficient (Wildman–Crippen LogP) is -0.0828. The molecule has 0 radical (unpaired) electrons. The Balaban J connectivity index is 3.97. The van der Waals surface area contributed by atoms with Gasteiger partial charge in [0.2, 0.25) is 5.91 Å². The van der Waals surface area contributed by atoms with Gasteiger partial charge in [0.15, 0.2) is 5.92 Å². The maximum atomic E-state index is 11.8. The third-order valence-electron chi connectivity index (χ3n) is 2.81. The fourth-order valence-corrected chi connectivity index (χ4v) is 1.67. The molecule has 0 saturated heterocycles. The maximum absolute atomic E-state index is 11.8. The van der Waals surface area contributed by atoms with E-state index < -0.39 is 35.8 Å². The molecule has 9 heteroatoms. The minimum Gasteiger partial charge on any atom is -0.481 e. The summed E-state index contributed by atoms with van der Waals surface area (Å²) in [6.45, 7) is 7.33. The average molecular weight is 362 g/mol. The molecule has 146 valence electrons. The van der Waals surface area contributed by atoms with Gasteiger partial charge in [0.05, 0.1) is 26.2 Å². The number of amides is 1. The summed E-state index contributed by atoms with van der Waals surface area (Å²) in [5.74, 6) is -4.41. The minimum atomic E-state index is -1.53. The summed E-state index contributed by atoms with van der Waals surface area (Å²) in [6.07, 6.45) is 0.310. The minimum absolute atomic E-state index is 0.211. The van der Waals surface area contributed by atoms with Crippen molar-refractivity contribution in [1.82, 2.24) is 5.32 Å². The fraction of sp³-hybridized carbons (Fsp3) is 0.812. The molecule has 1 amide bonds. The number of nitrogens with one attached hydrogen (secondary N) is 1. The van der Waals surface area contributed by atoms with Gasteiger partial charge in [0.25, 0.3) is 0 Å². The van der Waals surface area contributed by atoms with Crippen molar-refractivity contribution >= 4 is 17.8 Å². The van der Waals surface area contributed by atoms with Crippen LogP contribution in [0.25, 0.3) is 0 Å². The first kappa shape index (κ1) is 23.3. The molecule has 0 aliphatic heterocycles. The van der Waals surface area contributed by atoms with E-state index in [-0.39, 0.29) is 13.2 Å². The van der Waals surface area contributed by atoms with Crippen molar-refractivity contribution in [2.45, 2.75) is 39.2 Å². The van der Waals surface area contributed by atoms with Crippen LogP contribution >= 0.6 is 0 Å². The van der Waals surface area contributed by atoms with E-state index in [1.165, 1.54) is 0 Å². The number of carbonyl (C=O) groups excluding carboxylic acids is 2. The van der Waals surface area contributed by atoms with Crippen LogP contribution in [-0.2, 0) is 28.6 Å². The zero-order valence-corrected chi connectivity index (χ0v) is 15.2. The predicted molar refractivity (Wildman–Crippen MR) is 89.9 cm³/mol.